The first-order valence-electron chi connectivity index (χ1n) is 12.4. The summed E-state index contributed by atoms with van der Waals surface area (Å²) in [5.41, 5.74) is 3.13. The zero-order chi connectivity index (χ0) is 24.8. The van der Waals surface area contributed by atoms with Crippen molar-refractivity contribution in [3.05, 3.63) is 70.5 Å². The van der Waals surface area contributed by atoms with Crippen LogP contribution in [0, 0.1) is 0 Å². The Morgan fingerprint density at radius 1 is 1.00 bits per heavy atom. The van der Waals surface area contributed by atoms with Crippen molar-refractivity contribution in [2.45, 2.75) is 59.3 Å². The van der Waals surface area contributed by atoms with E-state index in [0.29, 0.717) is 22.9 Å². The second-order valence-electron chi connectivity index (χ2n) is 8.18. The van der Waals surface area contributed by atoms with Crippen LogP contribution in [0.25, 0.3) is 5.52 Å². The van der Waals surface area contributed by atoms with Gasteiger partial charge in [-0.1, -0.05) is 44.4 Å². The number of nitrogens with zero attached hydrogens (tertiary/aromatic N) is 1. The number of hydrogen-bond donors (Lipinski definition) is 2. The largest absolute Gasteiger partial charge is 0.494 e. The standard InChI is InChI=1S/C26H33ClN2O2.C2H6O/c1-3-5-10-22-24(27)23-11-7-8-18-29(23)25(22)26(30)20-12-14-21(15-13-20)31-19-9-17-28-16-6-4-2;1-2-3/h7-8,11-15,18,28H,3-6,9-10,16-17,19H2,1-2H3;3H,2H2,1H3. The molecule has 0 fully saturated rings. The molecule has 34 heavy (non-hydrogen) atoms. The average Bonchev–Trinajstić information content (AvgIpc) is 3.14. The number of pyridine rings is 1. The number of unbranched alkanes of at least 4 members (excludes halogenated alkanes) is 2. The molecule has 0 saturated carbocycles. The maximum Gasteiger partial charge on any atom is 0.210 e. The Hall–Kier alpha value is -2.34. The summed E-state index contributed by atoms with van der Waals surface area (Å²) in [6, 6.07) is 13.3. The van der Waals surface area contributed by atoms with E-state index >= 15 is 0 Å². The molecule has 5 nitrogen and oxygen atoms in total. The smallest absolute Gasteiger partial charge is 0.210 e. The molecule has 0 amide bonds. The van der Waals surface area contributed by atoms with Gasteiger partial charge in [0.05, 0.1) is 22.8 Å². The number of aliphatic hydroxyl groups excluding tert-OH is 1. The number of fused-ring (bicyclic) bond motifs is 1. The third-order valence-corrected chi connectivity index (χ3v) is 5.88. The van der Waals surface area contributed by atoms with Gasteiger partial charge in [-0.3, -0.25) is 4.79 Å². The van der Waals surface area contributed by atoms with Crippen molar-refractivity contribution in [1.29, 1.82) is 0 Å². The fourth-order valence-corrected chi connectivity index (χ4v) is 4.04. The molecule has 186 valence electrons. The first kappa shape index (κ1) is 27.9. The van der Waals surface area contributed by atoms with Crippen LogP contribution >= 0.6 is 11.6 Å². The number of aliphatic hydroxyl groups is 1. The van der Waals surface area contributed by atoms with E-state index in [0.717, 1.165) is 55.6 Å². The van der Waals surface area contributed by atoms with E-state index in [-0.39, 0.29) is 12.4 Å². The molecule has 0 aliphatic carbocycles. The van der Waals surface area contributed by atoms with Crippen LogP contribution in [0.3, 0.4) is 0 Å². The van der Waals surface area contributed by atoms with Crippen LogP contribution in [-0.2, 0) is 6.42 Å². The molecule has 2 aromatic heterocycles. The van der Waals surface area contributed by atoms with Crippen molar-refractivity contribution in [3.63, 3.8) is 0 Å². The Labute approximate surface area is 209 Å². The molecule has 0 radical (unpaired) electrons. The van der Waals surface area contributed by atoms with Gasteiger partial charge in [0.25, 0.3) is 0 Å². The Morgan fingerprint density at radius 2 is 1.68 bits per heavy atom. The molecule has 0 aliphatic rings. The molecule has 2 N–H and O–H groups in total. The summed E-state index contributed by atoms with van der Waals surface area (Å²) in [6.45, 7) is 8.95. The van der Waals surface area contributed by atoms with E-state index < -0.39 is 0 Å². The number of ether oxygens (including phenoxy) is 1. The minimum atomic E-state index is -0.00845. The van der Waals surface area contributed by atoms with Crippen LogP contribution in [0.2, 0.25) is 5.02 Å². The van der Waals surface area contributed by atoms with Gasteiger partial charge >= 0.3 is 0 Å². The number of ketones is 1. The fourth-order valence-electron chi connectivity index (χ4n) is 3.70. The van der Waals surface area contributed by atoms with Gasteiger partial charge in [-0.15, -0.1) is 0 Å². The van der Waals surface area contributed by atoms with Gasteiger partial charge < -0.3 is 19.6 Å². The summed E-state index contributed by atoms with van der Waals surface area (Å²) in [5.74, 6) is 0.778. The number of rotatable bonds is 13. The molecule has 3 aromatic rings. The van der Waals surface area contributed by atoms with Crippen molar-refractivity contribution in [3.8, 4) is 5.75 Å². The number of carbonyl (C=O) groups is 1. The molecule has 6 heteroatoms. The molecule has 2 heterocycles. The van der Waals surface area contributed by atoms with Crippen LogP contribution in [0.15, 0.2) is 48.7 Å². The van der Waals surface area contributed by atoms with Crippen LogP contribution in [0.1, 0.15) is 74.5 Å². The van der Waals surface area contributed by atoms with E-state index in [1.54, 1.807) is 6.92 Å². The lowest BCUT2D eigenvalue weighted by Crippen LogP contribution is -2.18. The number of halogens is 1. The summed E-state index contributed by atoms with van der Waals surface area (Å²) in [4.78, 5) is 13.4. The van der Waals surface area contributed by atoms with Crippen molar-refractivity contribution >= 4 is 22.9 Å². The third-order valence-electron chi connectivity index (χ3n) is 5.46. The fraction of sp³-hybridized carbons (Fsp3) is 0.464. The van der Waals surface area contributed by atoms with Gasteiger partial charge in [-0.05, 0) is 82.1 Å². The number of carbonyl (C=O) groups excluding carboxylic acids is 1. The minimum Gasteiger partial charge on any atom is -0.494 e. The normalized spacial score (nSPS) is 10.7. The van der Waals surface area contributed by atoms with E-state index in [1.807, 2.05) is 53.1 Å². The summed E-state index contributed by atoms with van der Waals surface area (Å²) < 4.78 is 7.75. The van der Waals surface area contributed by atoms with E-state index in [4.69, 9.17) is 21.4 Å². The third kappa shape index (κ3) is 7.86. The Bertz CT molecular complexity index is 999. The van der Waals surface area contributed by atoms with Gasteiger partial charge in [0.15, 0.2) is 0 Å². The molecule has 0 unspecified atom stereocenters. The van der Waals surface area contributed by atoms with E-state index in [9.17, 15) is 4.79 Å². The quantitative estimate of drug-likeness (QED) is 0.219. The van der Waals surface area contributed by atoms with Crippen LogP contribution in [0.5, 0.6) is 5.75 Å². The molecule has 0 spiro atoms. The second-order valence-corrected chi connectivity index (χ2v) is 8.55. The average molecular weight is 487 g/mol. The highest BCUT2D eigenvalue weighted by molar-refractivity contribution is 6.35. The lowest BCUT2D eigenvalue weighted by atomic mass is 10.0. The summed E-state index contributed by atoms with van der Waals surface area (Å²) in [5, 5.41) is 11.7. The lowest BCUT2D eigenvalue weighted by Gasteiger charge is -2.09. The van der Waals surface area contributed by atoms with E-state index in [2.05, 4.69) is 19.2 Å². The number of aromatic nitrogens is 1. The molecule has 0 bridgehead atoms. The Morgan fingerprint density at radius 3 is 2.35 bits per heavy atom. The predicted octanol–water partition coefficient (Wildman–Crippen LogP) is 6.32. The predicted molar refractivity (Wildman–Crippen MR) is 142 cm³/mol. The van der Waals surface area contributed by atoms with Gasteiger partial charge in [-0.25, -0.2) is 0 Å². The molecule has 0 atom stereocenters. The lowest BCUT2D eigenvalue weighted by molar-refractivity contribution is 0.103. The van der Waals surface area contributed by atoms with Crippen molar-refractivity contribution < 1.29 is 14.6 Å². The first-order chi connectivity index (χ1) is 16.6. The highest BCUT2D eigenvalue weighted by Gasteiger charge is 2.22. The van der Waals surface area contributed by atoms with Crippen molar-refractivity contribution in [2.24, 2.45) is 0 Å². The monoisotopic (exact) mass is 486 g/mol. The molecule has 1 aromatic carbocycles. The summed E-state index contributed by atoms with van der Waals surface area (Å²) in [6.07, 6.45) is 8.13. The molecule has 0 aliphatic heterocycles. The number of nitrogens with one attached hydrogen (secondary N) is 1. The number of hydrogen-bond acceptors (Lipinski definition) is 4. The summed E-state index contributed by atoms with van der Waals surface area (Å²) >= 11 is 6.67. The maximum atomic E-state index is 13.4. The highest BCUT2D eigenvalue weighted by atomic mass is 35.5. The molecule has 3 rings (SSSR count). The second kappa shape index (κ2) is 15.5. The topological polar surface area (TPSA) is 63.0 Å². The van der Waals surface area contributed by atoms with Gasteiger partial charge in [0.1, 0.15) is 5.75 Å². The van der Waals surface area contributed by atoms with E-state index in [1.165, 1.54) is 12.8 Å². The molecular weight excluding hydrogens is 448 g/mol. The van der Waals surface area contributed by atoms with Gasteiger partial charge in [-0.2, -0.15) is 0 Å². The summed E-state index contributed by atoms with van der Waals surface area (Å²) in [7, 11) is 0. The SMILES string of the molecule is CCCCNCCCOc1ccc(C(=O)c2c(CCCC)c(Cl)c3ccccn23)cc1.CCO. The Balaban J connectivity index is 0.00000129. The van der Waals surface area contributed by atoms with Crippen LogP contribution in [-0.4, -0.2) is 41.6 Å². The first-order valence-corrected chi connectivity index (χ1v) is 12.8. The van der Waals surface area contributed by atoms with Gasteiger partial charge in [0, 0.05) is 23.9 Å². The zero-order valence-electron chi connectivity index (χ0n) is 20.8. The highest BCUT2D eigenvalue weighted by Crippen LogP contribution is 2.31. The van der Waals surface area contributed by atoms with Crippen molar-refractivity contribution in [2.75, 3.05) is 26.3 Å². The van der Waals surface area contributed by atoms with Crippen LogP contribution in [0.4, 0.5) is 0 Å². The maximum absolute atomic E-state index is 13.4. The van der Waals surface area contributed by atoms with Gasteiger partial charge in [0.2, 0.25) is 5.78 Å². The molecule has 0 saturated heterocycles. The number of benzene rings is 1. The van der Waals surface area contributed by atoms with Crippen LogP contribution < -0.4 is 10.1 Å². The minimum absolute atomic E-state index is 0.00845. The molecular formula is C28H39ClN2O3. The van der Waals surface area contributed by atoms with Crippen molar-refractivity contribution in [1.82, 2.24) is 9.72 Å². The Kier molecular flexibility index (Phi) is 12.8. The zero-order valence-corrected chi connectivity index (χ0v) is 21.5.